The average molecular weight is 595 g/mol. The first-order chi connectivity index (χ1) is 18.5. The van der Waals surface area contributed by atoms with E-state index in [0.29, 0.717) is 31.1 Å². The molecule has 0 N–H and O–H groups in total. The lowest BCUT2D eigenvalue weighted by atomic mass is 10.2. The summed E-state index contributed by atoms with van der Waals surface area (Å²) >= 11 is 4.94. The van der Waals surface area contributed by atoms with Crippen LogP contribution in [0.25, 0.3) is 6.08 Å². The van der Waals surface area contributed by atoms with Gasteiger partial charge in [0, 0.05) is 31.1 Å². The van der Waals surface area contributed by atoms with Crippen molar-refractivity contribution in [1.29, 1.82) is 0 Å². The fraction of sp³-hybridized carbons (Fsp3) is 0.241. The van der Waals surface area contributed by atoms with Gasteiger partial charge in [0.1, 0.15) is 18.0 Å². The van der Waals surface area contributed by atoms with Gasteiger partial charge in [0.05, 0.1) is 35.0 Å². The molecule has 3 aromatic carbocycles. The van der Waals surface area contributed by atoms with Crippen molar-refractivity contribution in [2.24, 2.45) is 0 Å². The fourth-order valence-electron chi connectivity index (χ4n) is 4.67. The van der Waals surface area contributed by atoms with E-state index < -0.39 is 0 Å². The maximum atomic E-state index is 13.6. The first-order valence-corrected chi connectivity index (χ1v) is 13.9. The molecule has 1 saturated heterocycles. The highest BCUT2D eigenvalue weighted by atomic mass is 79.9. The molecule has 2 amide bonds. The Bertz CT molecular complexity index is 1390. The second-order valence-corrected chi connectivity index (χ2v) is 10.8. The monoisotopic (exact) mass is 593 g/mol. The summed E-state index contributed by atoms with van der Waals surface area (Å²) in [5.41, 5.74) is 2.66. The number of benzene rings is 3. The first kappa shape index (κ1) is 26.2. The van der Waals surface area contributed by atoms with Crippen LogP contribution in [0.15, 0.2) is 81.0 Å². The summed E-state index contributed by atoms with van der Waals surface area (Å²) in [5.74, 6) is 1.30. The van der Waals surface area contributed by atoms with Gasteiger partial charge in [-0.1, -0.05) is 42.1 Å². The van der Waals surface area contributed by atoms with E-state index in [1.54, 1.807) is 19.1 Å². The number of amides is 2. The van der Waals surface area contributed by atoms with E-state index in [-0.39, 0.29) is 18.4 Å². The van der Waals surface area contributed by atoms with Gasteiger partial charge in [-0.05, 0) is 64.0 Å². The third-order valence-corrected chi connectivity index (χ3v) is 8.35. The molecule has 0 bridgehead atoms. The lowest BCUT2D eigenvalue weighted by Crippen LogP contribution is -2.52. The number of halogens is 1. The van der Waals surface area contributed by atoms with E-state index in [0.717, 1.165) is 37.8 Å². The summed E-state index contributed by atoms with van der Waals surface area (Å²) in [7, 11) is 3.28. The summed E-state index contributed by atoms with van der Waals surface area (Å²) in [5, 5.41) is 0. The van der Waals surface area contributed by atoms with Crippen molar-refractivity contribution in [3.05, 3.63) is 81.7 Å². The first-order valence-electron chi connectivity index (χ1n) is 12.3. The minimum absolute atomic E-state index is 0.00525. The van der Waals surface area contributed by atoms with Crippen LogP contribution in [-0.4, -0.2) is 63.7 Å². The predicted molar refractivity (Wildman–Crippen MR) is 155 cm³/mol. The second kappa shape index (κ2) is 11.5. The Balaban J connectivity index is 1.32. The number of ether oxygens (including phenoxy) is 2. The third kappa shape index (κ3) is 5.39. The lowest BCUT2D eigenvalue weighted by Gasteiger charge is -2.38. The van der Waals surface area contributed by atoms with Gasteiger partial charge < -0.3 is 19.3 Å². The summed E-state index contributed by atoms with van der Waals surface area (Å²) in [6.07, 6.45) is 1.86. The van der Waals surface area contributed by atoms with Crippen LogP contribution in [-0.2, 0) is 9.59 Å². The largest absolute Gasteiger partial charge is 0.496 e. The summed E-state index contributed by atoms with van der Waals surface area (Å²) in [6, 6.07) is 21.3. The second-order valence-electron chi connectivity index (χ2n) is 8.90. The van der Waals surface area contributed by atoms with E-state index in [4.69, 9.17) is 9.47 Å². The van der Waals surface area contributed by atoms with Crippen LogP contribution in [0.1, 0.15) is 5.56 Å². The van der Waals surface area contributed by atoms with Gasteiger partial charge in [-0.25, -0.2) is 0 Å². The van der Waals surface area contributed by atoms with Crippen LogP contribution in [0.4, 0.5) is 11.4 Å². The van der Waals surface area contributed by atoms with Crippen LogP contribution in [0.5, 0.6) is 11.5 Å². The van der Waals surface area contributed by atoms with Gasteiger partial charge in [-0.2, -0.15) is 0 Å². The number of carbonyl (C=O) groups is 2. The molecule has 0 spiro atoms. The highest BCUT2D eigenvalue weighted by molar-refractivity contribution is 9.10. The lowest BCUT2D eigenvalue weighted by molar-refractivity contribution is -0.131. The van der Waals surface area contributed by atoms with Crippen LogP contribution in [0.2, 0.25) is 0 Å². The predicted octanol–water partition coefficient (Wildman–Crippen LogP) is 5.29. The van der Waals surface area contributed by atoms with Crippen molar-refractivity contribution in [3.63, 3.8) is 0 Å². The number of hydrogen-bond donors (Lipinski definition) is 0. The normalized spacial score (nSPS) is 16.4. The van der Waals surface area contributed by atoms with Crippen molar-refractivity contribution in [2.45, 2.75) is 4.90 Å². The molecule has 0 unspecified atom stereocenters. The molecular formula is C29H28BrN3O4S. The molecule has 2 aliphatic heterocycles. The average Bonchev–Trinajstić information content (AvgIpc) is 2.95. The number of methoxy groups -OCH3 is 2. The van der Waals surface area contributed by atoms with Gasteiger partial charge in [-0.15, -0.1) is 0 Å². The summed E-state index contributed by atoms with van der Waals surface area (Å²) < 4.78 is 11.6. The Hall–Kier alpha value is -3.43. The molecule has 0 radical (unpaired) electrons. The molecule has 9 heteroatoms. The highest BCUT2D eigenvalue weighted by Gasteiger charge is 2.32. The van der Waals surface area contributed by atoms with E-state index in [2.05, 4.69) is 20.8 Å². The molecule has 0 aliphatic carbocycles. The third-order valence-electron chi connectivity index (χ3n) is 6.66. The maximum Gasteiger partial charge on any atom is 0.265 e. The molecular weight excluding hydrogens is 566 g/mol. The van der Waals surface area contributed by atoms with Gasteiger partial charge >= 0.3 is 0 Å². The van der Waals surface area contributed by atoms with Crippen molar-refractivity contribution in [1.82, 2.24) is 4.90 Å². The number of piperazine rings is 1. The molecule has 5 rings (SSSR count). The number of nitrogens with zero attached hydrogens (tertiary/aromatic N) is 3. The molecule has 1 fully saturated rings. The van der Waals surface area contributed by atoms with Crippen LogP contribution >= 0.6 is 27.7 Å². The van der Waals surface area contributed by atoms with Gasteiger partial charge in [0.2, 0.25) is 5.91 Å². The molecule has 38 heavy (non-hydrogen) atoms. The molecule has 7 nitrogen and oxygen atoms in total. The van der Waals surface area contributed by atoms with Gasteiger partial charge in [0.25, 0.3) is 5.91 Å². The smallest absolute Gasteiger partial charge is 0.265 e. The van der Waals surface area contributed by atoms with Gasteiger partial charge in [0.15, 0.2) is 0 Å². The Morgan fingerprint density at radius 1 is 0.921 bits per heavy atom. The number of rotatable bonds is 6. The highest BCUT2D eigenvalue weighted by Crippen LogP contribution is 2.42. The summed E-state index contributed by atoms with van der Waals surface area (Å²) in [6.45, 7) is 2.55. The zero-order valence-corrected chi connectivity index (χ0v) is 23.6. The standard InChI is InChI=1S/C29H28BrN3O4S/c1-36-24-12-11-20(17-21(24)30)18-27-29(35)33(23-8-4-6-10-26(23)38-27)19-28(34)32-15-13-31(14-16-32)22-7-3-5-9-25(22)37-2/h3-12,17-18H,13-16,19H2,1-2H3. The van der Waals surface area contributed by atoms with Crippen molar-refractivity contribution >= 4 is 57.0 Å². The quantitative estimate of drug-likeness (QED) is 0.362. The minimum Gasteiger partial charge on any atom is -0.496 e. The Morgan fingerprint density at radius 2 is 1.61 bits per heavy atom. The van der Waals surface area contributed by atoms with Crippen LogP contribution < -0.4 is 19.3 Å². The fourth-order valence-corrected chi connectivity index (χ4v) is 6.28. The Kier molecular flexibility index (Phi) is 7.95. The minimum atomic E-state index is -0.179. The number of thioether (sulfide) groups is 1. The van der Waals surface area contributed by atoms with Crippen molar-refractivity contribution < 1.29 is 19.1 Å². The molecule has 0 atom stereocenters. The Morgan fingerprint density at radius 3 is 2.32 bits per heavy atom. The SMILES string of the molecule is COc1ccc(C=C2Sc3ccccc3N(CC(=O)N3CCN(c4ccccc4OC)CC3)C2=O)cc1Br. The Labute approximate surface area is 235 Å². The van der Waals surface area contributed by atoms with Crippen LogP contribution in [0.3, 0.4) is 0 Å². The van der Waals surface area contributed by atoms with E-state index in [9.17, 15) is 9.59 Å². The number of fused-ring (bicyclic) bond motifs is 1. The molecule has 0 saturated carbocycles. The molecule has 0 aromatic heterocycles. The molecule has 196 valence electrons. The topological polar surface area (TPSA) is 62.3 Å². The molecule has 2 heterocycles. The van der Waals surface area contributed by atoms with E-state index in [1.165, 1.54) is 11.8 Å². The summed E-state index contributed by atoms with van der Waals surface area (Å²) in [4.78, 5) is 34.2. The van der Waals surface area contributed by atoms with E-state index in [1.807, 2.05) is 77.7 Å². The van der Waals surface area contributed by atoms with Gasteiger partial charge in [-0.3, -0.25) is 14.5 Å². The van der Waals surface area contributed by atoms with Crippen LogP contribution in [0, 0.1) is 0 Å². The zero-order valence-electron chi connectivity index (χ0n) is 21.2. The zero-order chi connectivity index (χ0) is 26.6. The number of para-hydroxylation sites is 3. The number of carbonyl (C=O) groups excluding carboxylic acids is 2. The maximum absolute atomic E-state index is 13.6. The van der Waals surface area contributed by atoms with E-state index >= 15 is 0 Å². The van der Waals surface area contributed by atoms with Crippen molar-refractivity contribution in [2.75, 3.05) is 56.7 Å². The number of hydrogen-bond acceptors (Lipinski definition) is 6. The molecule has 2 aliphatic rings. The van der Waals surface area contributed by atoms with Crippen molar-refractivity contribution in [3.8, 4) is 11.5 Å². The number of anilines is 2. The molecule has 3 aromatic rings.